The smallest absolute Gasteiger partial charge is 0.271 e. The van der Waals surface area contributed by atoms with Gasteiger partial charge in [0.2, 0.25) is 0 Å². The van der Waals surface area contributed by atoms with E-state index in [1.807, 2.05) is 30.3 Å². The van der Waals surface area contributed by atoms with Gasteiger partial charge in [0.15, 0.2) is 11.5 Å². The zero-order valence-electron chi connectivity index (χ0n) is 18.0. The number of hydrazone groups is 1. The van der Waals surface area contributed by atoms with E-state index in [2.05, 4.69) is 15.6 Å². The molecule has 0 atom stereocenters. The summed E-state index contributed by atoms with van der Waals surface area (Å²) in [7, 11) is 3.02. The van der Waals surface area contributed by atoms with E-state index in [0.29, 0.717) is 28.3 Å². The Labute approximate surface area is 190 Å². The van der Waals surface area contributed by atoms with Crippen LogP contribution in [-0.4, -0.2) is 36.1 Å². The Hall–Kier alpha value is -4.46. The second-order valence-corrected chi connectivity index (χ2v) is 6.99. The number of carbonyl (C=O) groups excluding carboxylic acids is 1. The molecular weight excluding hydrogens is 423 g/mol. The molecule has 1 amide bonds. The molecule has 4 rings (SSSR count). The average Bonchev–Trinajstić information content (AvgIpc) is 3.28. The number of halogens is 1. The normalized spacial score (nSPS) is 10.9. The Bertz CT molecular complexity index is 1290. The highest BCUT2D eigenvalue weighted by Crippen LogP contribution is 2.27. The molecule has 8 heteroatoms. The number of nitrogens with one attached hydrogen (secondary N) is 1. The highest BCUT2D eigenvalue weighted by atomic mass is 19.1. The van der Waals surface area contributed by atoms with Crippen molar-refractivity contribution < 1.29 is 18.7 Å². The molecule has 7 nitrogen and oxygen atoms in total. The van der Waals surface area contributed by atoms with Crippen LogP contribution in [0.3, 0.4) is 0 Å². The molecule has 0 aliphatic rings. The van der Waals surface area contributed by atoms with E-state index in [4.69, 9.17) is 9.47 Å². The van der Waals surface area contributed by atoms with Gasteiger partial charge in [-0.3, -0.25) is 4.79 Å². The van der Waals surface area contributed by atoms with Gasteiger partial charge >= 0.3 is 0 Å². The van der Waals surface area contributed by atoms with E-state index >= 15 is 0 Å². The lowest BCUT2D eigenvalue weighted by atomic mass is 10.1. The molecule has 0 saturated heterocycles. The molecule has 1 N–H and O–H groups in total. The van der Waals surface area contributed by atoms with Crippen LogP contribution in [0.2, 0.25) is 0 Å². The largest absolute Gasteiger partial charge is 0.493 e. The first-order valence-electron chi connectivity index (χ1n) is 10.1. The van der Waals surface area contributed by atoms with Gasteiger partial charge in [0.25, 0.3) is 5.91 Å². The molecule has 4 aromatic rings. The fraction of sp³-hybridized carbons (Fsp3) is 0.0800. The average molecular weight is 444 g/mol. The lowest BCUT2D eigenvalue weighted by molar-refractivity contribution is 0.0954. The number of hydrogen-bond acceptors (Lipinski definition) is 5. The third kappa shape index (κ3) is 4.90. The molecule has 0 aliphatic heterocycles. The van der Waals surface area contributed by atoms with Crippen LogP contribution in [0.4, 0.5) is 4.39 Å². The third-order valence-corrected chi connectivity index (χ3v) is 4.90. The highest BCUT2D eigenvalue weighted by Gasteiger charge is 2.13. The maximum absolute atomic E-state index is 13.4. The first-order chi connectivity index (χ1) is 16.1. The molecule has 1 aromatic heterocycles. The number of rotatable bonds is 7. The molecule has 0 saturated carbocycles. The number of carbonyl (C=O) groups is 1. The number of para-hydroxylation sites is 1. The molecule has 3 aromatic carbocycles. The second kappa shape index (κ2) is 9.78. The van der Waals surface area contributed by atoms with Gasteiger partial charge in [-0.15, -0.1) is 0 Å². The standard InChI is InChI=1S/C25H21FN4O3/c1-32-22-13-10-18(14-23(22)33-2)25(31)28-27-15-19-16-30(21-6-4-3-5-7-21)29-24(19)17-8-11-20(26)12-9-17/h3-16H,1-2H3,(H,28,31)/b27-15+. The summed E-state index contributed by atoms with van der Waals surface area (Å²) in [5, 5.41) is 8.74. The maximum atomic E-state index is 13.4. The molecule has 0 aliphatic carbocycles. The van der Waals surface area contributed by atoms with E-state index in [1.54, 1.807) is 41.2 Å². The molecule has 0 unspecified atom stereocenters. The maximum Gasteiger partial charge on any atom is 0.271 e. The lowest BCUT2D eigenvalue weighted by Gasteiger charge is -2.08. The number of methoxy groups -OCH3 is 2. The highest BCUT2D eigenvalue weighted by molar-refractivity contribution is 5.96. The predicted molar refractivity (Wildman–Crippen MR) is 124 cm³/mol. The van der Waals surface area contributed by atoms with Crippen LogP contribution in [0.15, 0.2) is 84.1 Å². The van der Waals surface area contributed by atoms with Crippen molar-refractivity contribution in [3.63, 3.8) is 0 Å². The van der Waals surface area contributed by atoms with Crippen molar-refractivity contribution >= 4 is 12.1 Å². The van der Waals surface area contributed by atoms with Gasteiger partial charge in [0.05, 0.1) is 26.1 Å². The van der Waals surface area contributed by atoms with Crippen molar-refractivity contribution in [3.05, 3.63) is 95.9 Å². The number of hydrogen-bond donors (Lipinski definition) is 1. The third-order valence-electron chi connectivity index (χ3n) is 4.90. The van der Waals surface area contributed by atoms with E-state index in [1.165, 1.54) is 32.6 Å². The Kier molecular flexibility index (Phi) is 6.45. The fourth-order valence-electron chi connectivity index (χ4n) is 3.23. The summed E-state index contributed by atoms with van der Waals surface area (Å²) in [6.07, 6.45) is 3.30. The van der Waals surface area contributed by atoms with Gasteiger partial charge in [-0.1, -0.05) is 18.2 Å². The zero-order chi connectivity index (χ0) is 23.2. The molecular formula is C25H21FN4O3. The summed E-state index contributed by atoms with van der Waals surface area (Å²) < 4.78 is 25.5. The van der Waals surface area contributed by atoms with Crippen LogP contribution in [-0.2, 0) is 0 Å². The molecule has 166 valence electrons. The van der Waals surface area contributed by atoms with Crippen molar-refractivity contribution in [2.45, 2.75) is 0 Å². The number of nitrogens with zero attached hydrogens (tertiary/aromatic N) is 3. The first kappa shape index (κ1) is 21.8. The SMILES string of the molecule is COc1ccc(C(=O)N/N=C/c2cn(-c3ccccc3)nc2-c2ccc(F)cc2)cc1OC. The minimum atomic E-state index is -0.411. The fourth-order valence-corrected chi connectivity index (χ4v) is 3.23. The van der Waals surface area contributed by atoms with Crippen LogP contribution >= 0.6 is 0 Å². The van der Waals surface area contributed by atoms with Gasteiger partial charge in [0, 0.05) is 22.9 Å². The molecule has 0 radical (unpaired) electrons. The monoisotopic (exact) mass is 444 g/mol. The first-order valence-corrected chi connectivity index (χ1v) is 10.1. The summed E-state index contributed by atoms with van der Waals surface area (Å²) in [6.45, 7) is 0. The van der Waals surface area contributed by atoms with E-state index in [0.717, 1.165) is 11.3 Å². The van der Waals surface area contributed by atoms with E-state index in [-0.39, 0.29) is 5.82 Å². The van der Waals surface area contributed by atoms with Crippen LogP contribution in [0.25, 0.3) is 16.9 Å². The number of ether oxygens (including phenoxy) is 2. The van der Waals surface area contributed by atoms with Crippen LogP contribution < -0.4 is 14.9 Å². The Morgan fingerprint density at radius 2 is 1.73 bits per heavy atom. The van der Waals surface area contributed by atoms with Gasteiger partial charge in [-0.2, -0.15) is 10.2 Å². The Balaban J connectivity index is 1.60. The second-order valence-electron chi connectivity index (χ2n) is 6.99. The minimum absolute atomic E-state index is 0.335. The summed E-state index contributed by atoms with van der Waals surface area (Å²) in [5.41, 5.74) is 5.70. The van der Waals surface area contributed by atoms with Crippen molar-refractivity contribution in [1.82, 2.24) is 15.2 Å². The van der Waals surface area contributed by atoms with Crippen molar-refractivity contribution in [2.24, 2.45) is 5.10 Å². The van der Waals surface area contributed by atoms with E-state index < -0.39 is 5.91 Å². The van der Waals surface area contributed by atoms with Gasteiger partial charge in [-0.25, -0.2) is 14.5 Å². The van der Waals surface area contributed by atoms with Crippen LogP contribution in [0.5, 0.6) is 11.5 Å². The number of benzene rings is 3. The van der Waals surface area contributed by atoms with Crippen molar-refractivity contribution in [2.75, 3.05) is 14.2 Å². The number of aromatic nitrogens is 2. The van der Waals surface area contributed by atoms with Gasteiger partial charge in [0.1, 0.15) is 11.5 Å². The topological polar surface area (TPSA) is 77.7 Å². The molecule has 33 heavy (non-hydrogen) atoms. The quantitative estimate of drug-likeness (QED) is 0.337. The lowest BCUT2D eigenvalue weighted by Crippen LogP contribution is -2.17. The summed E-state index contributed by atoms with van der Waals surface area (Å²) >= 11 is 0. The molecule has 0 bridgehead atoms. The van der Waals surface area contributed by atoms with Crippen LogP contribution in [0, 0.1) is 5.82 Å². The Morgan fingerprint density at radius 1 is 1.00 bits per heavy atom. The van der Waals surface area contributed by atoms with Gasteiger partial charge in [-0.05, 0) is 54.6 Å². The minimum Gasteiger partial charge on any atom is -0.493 e. The van der Waals surface area contributed by atoms with Crippen LogP contribution in [0.1, 0.15) is 15.9 Å². The van der Waals surface area contributed by atoms with Crippen molar-refractivity contribution in [3.8, 4) is 28.4 Å². The summed E-state index contributed by atoms with van der Waals surface area (Å²) in [4.78, 5) is 12.5. The summed E-state index contributed by atoms with van der Waals surface area (Å²) in [6, 6.07) is 20.4. The molecule has 1 heterocycles. The summed E-state index contributed by atoms with van der Waals surface area (Å²) in [5.74, 6) is 0.219. The Morgan fingerprint density at radius 3 is 2.42 bits per heavy atom. The van der Waals surface area contributed by atoms with E-state index in [9.17, 15) is 9.18 Å². The van der Waals surface area contributed by atoms with Gasteiger partial charge < -0.3 is 9.47 Å². The molecule has 0 fully saturated rings. The predicted octanol–water partition coefficient (Wildman–Crippen LogP) is 4.46. The zero-order valence-corrected chi connectivity index (χ0v) is 18.0. The number of amides is 1. The van der Waals surface area contributed by atoms with Crippen molar-refractivity contribution in [1.29, 1.82) is 0 Å². The molecule has 0 spiro atoms.